The number of unbranched alkanes of at least 4 members (excludes halogenated alkanes) is 18. The van der Waals surface area contributed by atoms with E-state index in [1.165, 1.54) is 83.5 Å². The Labute approximate surface area is 369 Å². The van der Waals surface area contributed by atoms with E-state index in [4.69, 9.17) is 14.2 Å². The van der Waals surface area contributed by atoms with E-state index in [0.29, 0.717) is 19.3 Å². The molecule has 0 amide bonds. The van der Waals surface area contributed by atoms with Gasteiger partial charge >= 0.3 is 17.9 Å². The smallest absolute Gasteiger partial charge is 0.306 e. The van der Waals surface area contributed by atoms with Crippen molar-refractivity contribution in [2.75, 3.05) is 13.2 Å². The van der Waals surface area contributed by atoms with Crippen LogP contribution in [0.15, 0.2) is 85.1 Å². The van der Waals surface area contributed by atoms with Crippen LogP contribution in [0.4, 0.5) is 0 Å². The van der Waals surface area contributed by atoms with Crippen molar-refractivity contribution in [3.05, 3.63) is 85.1 Å². The molecule has 0 fully saturated rings. The Morgan fingerprint density at radius 2 is 0.683 bits per heavy atom. The predicted octanol–water partition coefficient (Wildman–Crippen LogP) is 16.0. The van der Waals surface area contributed by atoms with Crippen LogP contribution < -0.4 is 0 Å². The third-order valence-electron chi connectivity index (χ3n) is 10.1. The van der Waals surface area contributed by atoms with Crippen LogP contribution in [0.2, 0.25) is 0 Å². The largest absolute Gasteiger partial charge is 0.462 e. The summed E-state index contributed by atoms with van der Waals surface area (Å²) in [4.78, 5) is 37.8. The molecule has 0 aliphatic heterocycles. The highest BCUT2D eigenvalue weighted by atomic mass is 16.6. The van der Waals surface area contributed by atoms with E-state index in [-0.39, 0.29) is 37.5 Å². The lowest BCUT2D eigenvalue weighted by Crippen LogP contribution is -2.30. The van der Waals surface area contributed by atoms with Crippen molar-refractivity contribution in [3.63, 3.8) is 0 Å². The summed E-state index contributed by atoms with van der Waals surface area (Å²) in [7, 11) is 0. The van der Waals surface area contributed by atoms with Gasteiger partial charge in [0.05, 0.1) is 0 Å². The summed E-state index contributed by atoms with van der Waals surface area (Å²) < 4.78 is 16.7. The molecule has 1 unspecified atom stereocenters. The Kier molecular flexibility index (Phi) is 45.5. The average molecular weight is 835 g/mol. The molecule has 0 heterocycles. The standard InChI is InChI=1S/C54H90O6/c1-4-7-10-13-16-19-22-24-25-26-27-28-29-30-33-35-38-41-44-47-53(56)59-50-51(49-58-52(55)46-43-40-37-34-31-21-18-15-12-9-6-3)60-54(57)48-45-42-39-36-32-23-20-17-14-11-8-5-2/h7,10,16-17,19-20,24-25,27-28,30,33,38,41,51H,4-6,8-9,11-15,18,21-23,26,29,31-32,34-37,39-40,42-50H2,1-3H3/b10-7-,19-16-,20-17-,25-24-,28-27-,33-30-,41-38-. The van der Waals surface area contributed by atoms with Crippen LogP contribution in [0.25, 0.3) is 0 Å². The van der Waals surface area contributed by atoms with Crippen molar-refractivity contribution in [1.82, 2.24) is 0 Å². The topological polar surface area (TPSA) is 78.9 Å². The molecular formula is C54H90O6. The fourth-order valence-electron chi connectivity index (χ4n) is 6.46. The normalized spacial score (nSPS) is 12.8. The first-order valence-electron chi connectivity index (χ1n) is 24.6. The zero-order valence-electron chi connectivity index (χ0n) is 38.9. The minimum Gasteiger partial charge on any atom is -0.462 e. The van der Waals surface area contributed by atoms with E-state index in [9.17, 15) is 14.4 Å². The van der Waals surface area contributed by atoms with Crippen molar-refractivity contribution in [2.45, 2.75) is 226 Å². The zero-order chi connectivity index (χ0) is 43.7. The Hall–Kier alpha value is -3.41. The minimum absolute atomic E-state index is 0.102. The van der Waals surface area contributed by atoms with Gasteiger partial charge in [-0.05, 0) is 83.5 Å². The fraction of sp³-hybridized carbons (Fsp3) is 0.685. The minimum atomic E-state index is -0.808. The molecule has 6 heteroatoms. The molecule has 0 aliphatic rings. The Morgan fingerprint density at radius 3 is 1.15 bits per heavy atom. The van der Waals surface area contributed by atoms with Crippen molar-refractivity contribution >= 4 is 17.9 Å². The van der Waals surface area contributed by atoms with Crippen LogP contribution in [0.3, 0.4) is 0 Å². The number of esters is 3. The van der Waals surface area contributed by atoms with Crippen LogP contribution >= 0.6 is 0 Å². The third kappa shape index (κ3) is 45.7. The quantitative estimate of drug-likeness (QED) is 0.0263. The summed E-state index contributed by atoms with van der Waals surface area (Å²) in [5.41, 5.74) is 0. The summed E-state index contributed by atoms with van der Waals surface area (Å²) in [6.45, 7) is 6.41. The number of hydrogen-bond donors (Lipinski definition) is 0. The van der Waals surface area contributed by atoms with Gasteiger partial charge in [-0.3, -0.25) is 14.4 Å². The molecule has 342 valence electrons. The van der Waals surface area contributed by atoms with Gasteiger partial charge in [-0.2, -0.15) is 0 Å². The first-order valence-corrected chi connectivity index (χ1v) is 24.6. The Bertz CT molecular complexity index is 1190. The highest BCUT2D eigenvalue weighted by molar-refractivity contribution is 5.71. The molecule has 6 nitrogen and oxygen atoms in total. The maximum Gasteiger partial charge on any atom is 0.306 e. The Balaban J connectivity index is 4.49. The monoisotopic (exact) mass is 835 g/mol. The van der Waals surface area contributed by atoms with Gasteiger partial charge in [0.2, 0.25) is 0 Å². The number of ether oxygens (including phenoxy) is 3. The second-order valence-corrected chi connectivity index (χ2v) is 16.0. The van der Waals surface area contributed by atoms with E-state index in [2.05, 4.69) is 93.7 Å². The summed E-state index contributed by atoms with van der Waals surface area (Å²) in [6, 6.07) is 0. The van der Waals surface area contributed by atoms with Crippen LogP contribution in [0.5, 0.6) is 0 Å². The van der Waals surface area contributed by atoms with Gasteiger partial charge in [0.25, 0.3) is 0 Å². The van der Waals surface area contributed by atoms with Crippen LogP contribution in [0.1, 0.15) is 220 Å². The van der Waals surface area contributed by atoms with Crippen LogP contribution in [-0.4, -0.2) is 37.2 Å². The van der Waals surface area contributed by atoms with Gasteiger partial charge < -0.3 is 14.2 Å². The van der Waals surface area contributed by atoms with Crippen LogP contribution in [-0.2, 0) is 28.6 Å². The molecule has 0 saturated heterocycles. The first-order chi connectivity index (χ1) is 29.5. The molecule has 0 saturated carbocycles. The molecule has 0 aromatic rings. The van der Waals surface area contributed by atoms with Gasteiger partial charge in [-0.25, -0.2) is 0 Å². The highest BCUT2D eigenvalue weighted by Crippen LogP contribution is 2.14. The van der Waals surface area contributed by atoms with E-state index >= 15 is 0 Å². The molecule has 0 spiro atoms. The van der Waals surface area contributed by atoms with Gasteiger partial charge in [0.15, 0.2) is 6.10 Å². The summed E-state index contributed by atoms with van der Waals surface area (Å²) >= 11 is 0. The summed E-state index contributed by atoms with van der Waals surface area (Å²) in [5, 5.41) is 0. The number of carbonyl (C=O) groups excluding carboxylic acids is 3. The molecule has 0 aromatic carbocycles. The third-order valence-corrected chi connectivity index (χ3v) is 10.1. The molecule has 1 atom stereocenters. The second kappa shape index (κ2) is 48.3. The van der Waals surface area contributed by atoms with E-state index in [1.54, 1.807) is 0 Å². The van der Waals surface area contributed by atoms with E-state index in [0.717, 1.165) is 89.9 Å². The second-order valence-electron chi connectivity index (χ2n) is 16.0. The molecule has 0 aromatic heterocycles. The highest BCUT2D eigenvalue weighted by Gasteiger charge is 2.19. The van der Waals surface area contributed by atoms with Gasteiger partial charge in [0, 0.05) is 19.3 Å². The molecule has 0 rings (SSSR count). The van der Waals surface area contributed by atoms with Crippen molar-refractivity contribution in [3.8, 4) is 0 Å². The Morgan fingerprint density at radius 1 is 0.350 bits per heavy atom. The lowest BCUT2D eigenvalue weighted by atomic mass is 10.1. The SMILES string of the molecule is CC/C=C\C/C=C\C/C=C\C/C=C\C/C=C\C/C=C\CCC(=O)OCC(COC(=O)CCCCCCCCCCCCC)OC(=O)CCCCCCC/C=C\CCCCC. The van der Waals surface area contributed by atoms with E-state index in [1.807, 2.05) is 12.2 Å². The van der Waals surface area contributed by atoms with Crippen LogP contribution in [0, 0.1) is 0 Å². The van der Waals surface area contributed by atoms with Gasteiger partial charge in [0.1, 0.15) is 13.2 Å². The molecule has 0 bridgehead atoms. The summed E-state index contributed by atoms with van der Waals surface area (Å²) in [6.07, 6.45) is 61.5. The number of rotatable bonds is 43. The van der Waals surface area contributed by atoms with Gasteiger partial charge in [-0.15, -0.1) is 0 Å². The molecular weight excluding hydrogens is 745 g/mol. The van der Waals surface area contributed by atoms with E-state index < -0.39 is 6.10 Å². The fourth-order valence-corrected chi connectivity index (χ4v) is 6.46. The molecule has 60 heavy (non-hydrogen) atoms. The van der Waals surface area contributed by atoms with Crippen molar-refractivity contribution in [1.29, 1.82) is 0 Å². The maximum absolute atomic E-state index is 12.7. The molecule has 0 N–H and O–H groups in total. The van der Waals surface area contributed by atoms with Crippen molar-refractivity contribution in [2.24, 2.45) is 0 Å². The lowest BCUT2D eigenvalue weighted by Gasteiger charge is -2.18. The molecule has 0 radical (unpaired) electrons. The van der Waals surface area contributed by atoms with Gasteiger partial charge in [-0.1, -0.05) is 202 Å². The summed E-state index contributed by atoms with van der Waals surface area (Å²) in [5.74, 6) is -1.00. The molecule has 0 aliphatic carbocycles. The number of carbonyl (C=O) groups is 3. The zero-order valence-corrected chi connectivity index (χ0v) is 38.9. The number of hydrogen-bond acceptors (Lipinski definition) is 6. The maximum atomic E-state index is 12.7. The average Bonchev–Trinajstić information content (AvgIpc) is 3.24. The predicted molar refractivity (Wildman–Crippen MR) is 256 cm³/mol. The first kappa shape index (κ1) is 56.6. The number of allylic oxidation sites excluding steroid dienone is 14. The lowest BCUT2D eigenvalue weighted by molar-refractivity contribution is -0.166. The van der Waals surface area contributed by atoms with Crippen molar-refractivity contribution < 1.29 is 28.6 Å².